The van der Waals surface area contributed by atoms with Gasteiger partial charge in [0.25, 0.3) is 0 Å². The molecule has 30 heavy (non-hydrogen) atoms. The number of nitrogens with one attached hydrogen (secondary N) is 1. The number of nitrogens with zero attached hydrogens (tertiary/aromatic N) is 1. The van der Waals surface area contributed by atoms with Gasteiger partial charge in [0.05, 0.1) is 5.56 Å². The number of hydrogen-bond donors (Lipinski definition) is 1. The van der Waals surface area contributed by atoms with E-state index in [-0.39, 0.29) is 16.7 Å². The average Bonchev–Trinajstić information content (AvgIpc) is 3.19. The highest BCUT2D eigenvalue weighted by Crippen LogP contribution is 2.39. The van der Waals surface area contributed by atoms with Gasteiger partial charge >= 0.3 is 6.18 Å². The lowest BCUT2D eigenvalue weighted by molar-refractivity contribution is -0.139. The molecule has 1 aromatic rings. The number of benzene rings is 1. The topological polar surface area (TPSA) is 32.3 Å². The fraction of sp³-hybridized carbons (Fsp3) is 0.609. The molecule has 3 nitrogen and oxygen atoms in total. The Balaban J connectivity index is 1.40. The summed E-state index contributed by atoms with van der Waals surface area (Å²) in [4.78, 5) is 12.6. The molecule has 0 bridgehead atoms. The summed E-state index contributed by atoms with van der Waals surface area (Å²) in [6.07, 6.45) is 6.98. The first-order chi connectivity index (χ1) is 14.4. The van der Waals surface area contributed by atoms with Gasteiger partial charge in [-0.15, -0.1) is 0 Å². The first kappa shape index (κ1) is 23.2. The second-order valence-electron chi connectivity index (χ2n) is 8.39. The number of carbonyl (C=O) groups excluding carboxylic acids is 1. The van der Waals surface area contributed by atoms with E-state index in [1.165, 1.54) is 37.8 Å². The zero-order valence-corrected chi connectivity index (χ0v) is 18.3. The summed E-state index contributed by atoms with van der Waals surface area (Å²) in [5.74, 6) is 1.54. The molecule has 1 saturated heterocycles. The van der Waals surface area contributed by atoms with Crippen molar-refractivity contribution in [2.75, 3.05) is 13.1 Å². The number of rotatable bonds is 7. The normalized spacial score (nSPS) is 23.9. The van der Waals surface area contributed by atoms with E-state index in [2.05, 4.69) is 18.3 Å². The largest absolute Gasteiger partial charge is 0.417 e. The molecule has 1 heterocycles. The number of hydrogen-bond acceptors (Lipinski definition) is 3. The van der Waals surface area contributed by atoms with Crippen molar-refractivity contribution in [1.29, 1.82) is 0 Å². The summed E-state index contributed by atoms with van der Waals surface area (Å²) >= 11 is 1.14. The van der Waals surface area contributed by atoms with Gasteiger partial charge in [0.2, 0.25) is 5.91 Å². The Hall–Kier alpha value is -1.47. The molecule has 166 valence electrons. The Kier molecular flexibility index (Phi) is 8.28. The molecule has 2 atom stereocenters. The Morgan fingerprint density at radius 3 is 2.53 bits per heavy atom. The predicted octanol–water partition coefficient (Wildman–Crippen LogP) is 6.27. The van der Waals surface area contributed by atoms with Crippen LogP contribution in [0.1, 0.15) is 57.4 Å². The van der Waals surface area contributed by atoms with Crippen LogP contribution in [0.4, 0.5) is 13.2 Å². The third-order valence-corrected chi connectivity index (χ3v) is 7.46. The lowest BCUT2D eigenvalue weighted by Gasteiger charge is -2.30. The zero-order valence-electron chi connectivity index (χ0n) is 17.5. The Morgan fingerprint density at radius 2 is 1.87 bits per heavy atom. The van der Waals surface area contributed by atoms with Gasteiger partial charge in [-0.3, -0.25) is 4.79 Å². The van der Waals surface area contributed by atoms with Gasteiger partial charge in [-0.2, -0.15) is 13.2 Å². The molecular weight excluding hydrogens is 409 g/mol. The first-order valence-corrected chi connectivity index (χ1v) is 11.7. The Morgan fingerprint density at radius 1 is 1.17 bits per heavy atom. The van der Waals surface area contributed by atoms with Crippen molar-refractivity contribution in [2.45, 2.75) is 62.9 Å². The minimum Gasteiger partial charge on any atom is -0.333 e. The van der Waals surface area contributed by atoms with Gasteiger partial charge in [-0.25, -0.2) is 4.31 Å². The molecule has 1 saturated carbocycles. The van der Waals surface area contributed by atoms with Gasteiger partial charge in [0.1, 0.15) is 0 Å². The third-order valence-electron chi connectivity index (χ3n) is 6.28. The second kappa shape index (κ2) is 10.7. The fourth-order valence-electron chi connectivity index (χ4n) is 4.41. The quantitative estimate of drug-likeness (QED) is 0.507. The lowest BCUT2D eigenvalue weighted by Crippen LogP contribution is -2.36. The van der Waals surface area contributed by atoms with Crippen molar-refractivity contribution < 1.29 is 18.0 Å². The van der Waals surface area contributed by atoms with E-state index in [4.69, 9.17) is 0 Å². The Labute approximate surface area is 181 Å². The van der Waals surface area contributed by atoms with Crippen molar-refractivity contribution in [3.63, 3.8) is 0 Å². The molecule has 1 amide bonds. The number of halogens is 3. The number of carbonyl (C=O) groups is 1. The summed E-state index contributed by atoms with van der Waals surface area (Å²) in [5.41, 5.74) is -0.604. The molecule has 0 spiro atoms. The molecular formula is C23H31F3N2OS. The molecule has 0 radical (unpaired) electrons. The van der Waals surface area contributed by atoms with Crippen LogP contribution in [0.3, 0.4) is 0 Å². The zero-order chi connectivity index (χ0) is 21.6. The van der Waals surface area contributed by atoms with Gasteiger partial charge in [0.15, 0.2) is 0 Å². The van der Waals surface area contributed by atoms with Crippen LogP contribution in [0.5, 0.6) is 0 Å². The molecule has 7 heteroatoms. The Bertz CT molecular complexity index is 729. The van der Waals surface area contributed by atoms with Gasteiger partial charge in [-0.1, -0.05) is 38.0 Å². The maximum atomic E-state index is 13.2. The van der Waals surface area contributed by atoms with E-state index in [9.17, 15) is 18.0 Å². The van der Waals surface area contributed by atoms with E-state index in [0.717, 1.165) is 36.3 Å². The number of alkyl halides is 3. The monoisotopic (exact) mass is 440 g/mol. The summed E-state index contributed by atoms with van der Waals surface area (Å²) in [7, 11) is 0. The fourth-order valence-corrected chi connectivity index (χ4v) is 5.50. The summed E-state index contributed by atoms with van der Waals surface area (Å²) in [6, 6.07) is 5.65. The van der Waals surface area contributed by atoms with Crippen LogP contribution >= 0.6 is 11.9 Å². The van der Waals surface area contributed by atoms with E-state index in [1.54, 1.807) is 12.3 Å². The molecule has 1 aromatic carbocycles. The van der Waals surface area contributed by atoms with Crippen LogP contribution in [-0.2, 0) is 11.0 Å². The highest BCUT2D eigenvalue weighted by Gasteiger charge is 2.34. The molecule has 2 aliphatic rings. The lowest BCUT2D eigenvalue weighted by atomic mass is 9.97. The summed E-state index contributed by atoms with van der Waals surface area (Å²) < 4.78 is 41.4. The van der Waals surface area contributed by atoms with Crippen LogP contribution in [0.25, 0.3) is 0 Å². The van der Waals surface area contributed by atoms with Crippen LogP contribution in [0, 0.1) is 17.8 Å². The molecule has 1 aliphatic carbocycles. The number of piperidine rings is 1. The van der Waals surface area contributed by atoms with Crippen molar-refractivity contribution in [1.82, 2.24) is 9.62 Å². The van der Waals surface area contributed by atoms with Crippen LogP contribution in [0.15, 0.2) is 41.4 Å². The van der Waals surface area contributed by atoms with Crippen molar-refractivity contribution in [2.24, 2.45) is 17.8 Å². The molecule has 1 N–H and O–H groups in total. The molecule has 2 fully saturated rings. The van der Waals surface area contributed by atoms with Gasteiger partial charge in [-0.05, 0) is 74.2 Å². The summed E-state index contributed by atoms with van der Waals surface area (Å²) in [6.45, 7) is 3.44. The van der Waals surface area contributed by atoms with E-state index in [0.29, 0.717) is 25.9 Å². The minimum atomic E-state index is -4.36. The van der Waals surface area contributed by atoms with Crippen LogP contribution in [0.2, 0.25) is 0 Å². The molecule has 2 unspecified atom stereocenters. The maximum Gasteiger partial charge on any atom is 0.417 e. The first-order valence-electron chi connectivity index (χ1n) is 10.9. The van der Waals surface area contributed by atoms with E-state index in [1.807, 2.05) is 4.31 Å². The van der Waals surface area contributed by atoms with Crippen LogP contribution in [-0.4, -0.2) is 23.3 Å². The molecule has 1 aliphatic heterocycles. The highest BCUT2D eigenvalue weighted by molar-refractivity contribution is 7.97. The minimum absolute atomic E-state index is 0.0180. The maximum absolute atomic E-state index is 13.2. The summed E-state index contributed by atoms with van der Waals surface area (Å²) in [5, 5.41) is 2.90. The second-order valence-corrected chi connectivity index (χ2v) is 9.53. The van der Waals surface area contributed by atoms with Gasteiger partial charge in [0, 0.05) is 23.9 Å². The smallest absolute Gasteiger partial charge is 0.333 e. The van der Waals surface area contributed by atoms with Crippen molar-refractivity contribution in [3.05, 3.63) is 42.1 Å². The van der Waals surface area contributed by atoms with Crippen molar-refractivity contribution >= 4 is 17.9 Å². The van der Waals surface area contributed by atoms with Crippen LogP contribution < -0.4 is 5.32 Å². The van der Waals surface area contributed by atoms with E-state index < -0.39 is 11.7 Å². The van der Waals surface area contributed by atoms with Crippen molar-refractivity contribution in [3.8, 4) is 0 Å². The average molecular weight is 441 g/mol. The standard InChI is InChI=1S/C23H31F3N2OS/c1-2-17-9-10-18(16-17)6-5-13-27-22(29)19-11-14-28(15-12-19)30-21-8-4-3-7-20(21)23(24,25)26/h3-5,7-8,13,17-19H,2,6,9-12,14-16H2,1H3,(H,27,29)/b13-5-. The molecule has 0 aromatic heterocycles. The number of amides is 1. The third kappa shape index (κ3) is 6.51. The molecule has 3 rings (SSSR count). The highest BCUT2D eigenvalue weighted by atomic mass is 32.2. The number of allylic oxidation sites excluding steroid dienone is 1. The predicted molar refractivity (Wildman–Crippen MR) is 115 cm³/mol. The van der Waals surface area contributed by atoms with E-state index >= 15 is 0 Å². The van der Waals surface area contributed by atoms with Gasteiger partial charge < -0.3 is 5.32 Å². The SMILES string of the molecule is CCC1CCC(C/C=C\NC(=O)C2CCN(Sc3ccccc3C(F)(F)F)CC2)C1.